The summed E-state index contributed by atoms with van der Waals surface area (Å²) in [5.41, 5.74) is 0.581. The smallest absolute Gasteiger partial charge is 0.294 e. The second kappa shape index (κ2) is 11.0. The summed E-state index contributed by atoms with van der Waals surface area (Å²) in [6, 6.07) is 15.6. The van der Waals surface area contributed by atoms with Crippen molar-refractivity contribution in [3.05, 3.63) is 81.8 Å². The molecule has 0 aromatic heterocycles. The quantitative estimate of drug-likeness (QED) is 0.155. The molecule has 1 amide bonds. The molecular formula is C26H21Cl2N3O6S. The highest BCUT2D eigenvalue weighted by Gasteiger charge is 2.21. The Morgan fingerprint density at radius 3 is 2.50 bits per heavy atom. The van der Waals surface area contributed by atoms with Crippen molar-refractivity contribution in [2.75, 3.05) is 11.9 Å². The number of aromatic hydroxyl groups is 1. The van der Waals surface area contributed by atoms with Crippen molar-refractivity contribution in [3.63, 3.8) is 0 Å². The van der Waals surface area contributed by atoms with Gasteiger partial charge in [-0.2, -0.15) is 8.42 Å². The Kier molecular flexibility index (Phi) is 7.89. The lowest BCUT2D eigenvalue weighted by atomic mass is 10.0. The molecule has 0 spiro atoms. The summed E-state index contributed by atoms with van der Waals surface area (Å²) in [6.07, 6.45) is 0. The normalized spacial score (nSPS) is 11.7. The number of carbonyl (C=O) groups excluding carboxylic acids is 1. The van der Waals surface area contributed by atoms with E-state index in [0.717, 1.165) is 6.07 Å². The summed E-state index contributed by atoms with van der Waals surface area (Å²) in [7, 11) is -4.48. The molecule has 0 saturated carbocycles. The van der Waals surface area contributed by atoms with Crippen molar-refractivity contribution in [3.8, 4) is 11.5 Å². The minimum Gasteiger partial charge on any atom is -0.505 e. The van der Waals surface area contributed by atoms with Gasteiger partial charge in [0.15, 0.2) is 5.75 Å². The van der Waals surface area contributed by atoms with Crippen molar-refractivity contribution >= 4 is 67.1 Å². The Bertz CT molecular complexity index is 1710. The lowest BCUT2D eigenvalue weighted by Crippen LogP contribution is -2.13. The van der Waals surface area contributed by atoms with Crippen LogP contribution in [0, 0.1) is 6.92 Å². The zero-order chi connectivity index (χ0) is 27.6. The Balaban J connectivity index is 1.78. The Labute approximate surface area is 228 Å². The van der Waals surface area contributed by atoms with Crippen LogP contribution in [-0.4, -0.2) is 30.6 Å². The maximum Gasteiger partial charge on any atom is 0.294 e. The van der Waals surface area contributed by atoms with Crippen LogP contribution in [0.2, 0.25) is 10.0 Å². The van der Waals surface area contributed by atoms with Crippen LogP contribution in [0.4, 0.5) is 17.1 Å². The molecule has 0 heterocycles. The molecule has 0 unspecified atom stereocenters. The van der Waals surface area contributed by atoms with Gasteiger partial charge in [0.25, 0.3) is 16.0 Å². The number of aryl methyl sites for hydroxylation is 1. The van der Waals surface area contributed by atoms with Gasteiger partial charge in [-0.3, -0.25) is 9.35 Å². The van der Waals surface area contributed by atoms with Crippen molar-refractivity contribution in [1.29, 1.82) is 0 Å². The van der Waals surface area contributed by atoms with Crippen molar-refractivity contribution in [2.45, 2.75) is 18.7 Å². The zero-order valence-corrected chi connectivity index (χ0v) is 22.4. The van der Waals surface area contributed by atoms with Gasteiger partial charge in [-0.05, 0) is 55.1 Å². The molecule has 38 heavy (non-hydrogen) atoms. The third-order valence-corrected chi connectivity index (χ3v) is 7.05. The number of carbonyl (C=O) groups is 1. The zero-order valence-electron chi connectivity index (χ0n) is 20.1. The summed E-state index contributed by atoms with van der Waals surface area (Å²) in [5.74, 6) is -0.689. The SMILES string of the molecule is CCOc1cc(Cl)ccc1NC(=O)c1cc2ccccc2c(N=Nc2cc(C)c(S(=O)(=O)O)cc2Cl)c1O. The molecule has 0 saturated heterocycles. The standard InChI is InChI=1S/C26H21Cl2N3O6S/c1-3-37-22-12-16(27)8-9-20(22)29-26(33)18-11-15-6-4-5-7-17(15)24(25(18)32)31-30-21-10-14(2)23(13-19(21)28)38(34,35)36/h4-13,32H,3H2,1-2H3,(H,29,33)(H,34,35,36). The molecular weight excluding hydrogens is 553 g/mol. The fourth-order valence-electron chi connectivity index (χ4n) is 3.76. The lowest BCUT2D eigenvalue weighted by Gasteiger charge is -2.14. The third kappa shape index (κ3) is 5.73. The minimum atomic E-state index is -4.48. The lowest BCUT2D eigenvalue weighted by molar-refractivity contribution is 0.102. The Morgan fingerprint density at radius 2 is 1.79 bits per heavy atom. The number of halogens is 2. The van der Waals surface area contributed by atoms with Gasteiger partial charge in [0.1, 0.15) is 17.1 Å². The van der Waals surface area contributed by atoms with Gasteiger partial charge >= 0.3 is 0 Å². The van der Waals surface area contributed by atoms with Crippen LogP contribution in [0.25, 0.3) is 10.8 Å². The van der Waals surface area contributed by atoms with Crippen molar-refractivity contribution in [1.82, 2.24) is 0 Å². The summed E-state index contributed by atoms with van der Waals surface area (Å²) in [4.78, 5) is 12.9. The number of phenolic OH excluding ortho intramolecular Hbond substituents is 1. The minimum absolute atomic E-state index is 0.00182. The van der Waals surface area contributed by atoms with Crippen molar-refractivity contribution < 1.29 is 27.6 Å². The molecule has 12 heteroatoms. The molecule has 0 aliphatic carbocycles. The van der Waals surface area contributed by atoms with Gasteiger partial charge in [-0.1, -0.05) is 47.5 Å². The summed E-state index contributed by atoms with van der Waals surface area (Å²) in [5, 5.41) is 23.5. The van der Waals surface area contributed by atoms with Gasteiger partial charge < -0.3 is 15.2 Å². The van der Waals surface area contributed by atoms with E-state index in [-0.39, 0.29) is 32.4 Å². The topological polar surface area (TPSA) is 138 Å². The molecule has 0 aliphatic heterocycles. The number of rotatable bonds is 7. The number of benzene rings is 4. The molecule has 3 N–H and O–H groups in total. The second-order valence-corrected chi connectivity index (χ2v) is 10.3. The van der Waals surface area contributed by atoms with Crippen LogP contribution < -0.4 is 10.1 Å². The highest BCUT2D eigenvalue weighted by Crippen LogP contribution is 2.41. The van der Waals surface area contributed by atoms with E-state index in [1.54, 1.807) is 49.4 Å². The average Bonchev–Trinajstić information content (AvgIpc) is 2.86. The first-order chi connectivity index (χ1) is 18.0. The second-order valence-electron chi connectivity index (χ2n) is 8.11. The number of hydrogen-bond donors (Lipinski definition) is 3. The van der Waals surface area contributed by atoms with E-state index >= 15 is 0 Å². The number of phenols is 1. The van der Waals surface area contributed by atoms with Gasteiger partial charge in [-0.25, -0.2) is 0 Å². The van der Waals surface area contributed by atoms with E-state index in [1.807, 2.05) is 0 Å². The van der Waals surface area contributed by atoms with E-state index in [0.29, 0.717) is 33.8 Å². The fourth-order valence-corrected chi connectivity index (χ4v) is 4.92. The highest BCUT2D eigenvalue weighted by atomic mass is 35.5. The molecule has 9 nitrogen and oxygen atoms in total. The largest absolute Gasteiger partial charge is 0.505 e. The first-order valence-corrected chi connectivity index (χ1v) is 13.4. The van der Waals surface area contributed by atoms with Gasteiger partial charge in [0, 0.05) is 16.5 Å². The number of ether oxygens (including phenoxy) is 1. The van der Waals surface area contributed by atoms with Crippen LogP contribution >= 0.6 is 23.2 Å². The first-order valence-electron chi connectivity index (χ1n) is 11.2. The van der Waals surface area contributed by atoms with E-state index in [2.05, 4.69) is 15.5 Å². The van der Waals surface area contributed by atoms with Gasteiger partial charge in [0.2, 0.25) is 0 Å². The number of nitrogens with zero attached hydrogens (tertiary/aromatic N) is 2. The molecule has 0 aliphatic rings. The molecule has 4 rings (SSSR count). The van der Waals surface area contributed by atoms with Crippen LogP contribution in [0.1, 0.15) is 22.8 Å². The van der Waals surface area contributed by atoms with Gasteiger partial charge in [0.05, 0.1) is 27.8 Å². The Hall–Kier alpha value is -3.70. The number of fused-ring (bicyclic) bond motifs is 1. The van der Waals surface area contributed by atoms with E-state index in [4.69, 9.17) is 27.9 Å². The number of amides is 1. The summed E-state index contributed by atoms with van der Waals surface area (Å²) >= 11 is 12.2. The number of azo groups is 1. The van der Waals surface area contributed by atoms with Crippen LogP contribution in [0.5, 0.6) is 11.5 Å². The molecule has 0 atom stereocenters. The third-order valence-electron chi connectivity index (χ3n) is 5.51. The number of hydrogen-bond acceptors (Lipinski definition) is 7. The van der Waals surface area contributed by atoms with Gasteiger partial charge in [-0.15, -0.1) is 10.2 Å². The predicted octanol–water partition coefficient (Wildman–Crippen LogP) is 7.47. The van der Waals surface area contributed by atoms with Crippen molar-refractivity contribution in [2.24, 2.45) is 10.2 Å². The predicted molar refractivity (Wildman–Crippen MR) is 146 cm³/mol. The molecule has 0 radical (unpaired) electrons. The van der Waals surface area contributed by atoms with E-state index < -0.39 is 21.8 Å². The summed E-state index contributed by atoms with van der Waals surface area (Å²) in [6.45, 7) is 3.61. The fraction of sp³-hybridized carbons (Fsp3) is 0.115. The van der Waals surface area contributed by atoms with Crippen LogP contribution in [-0.2, 0) is 10.1 Å². The summed E-state index contributed by atoms with van der Waals surface area (Å²) < 4.78 is 38.0. The van der Waals surface area contributed by atoms with E-state index in [1.165, 1.54) is 19.1 Å². The average molecular weight is 574 g/mol. The van der Waals surface area contributed by atoms with Crippen LogP contribution in [0.15, 0.2) is 75.8 Å². The maximum atomic E-state index is 13.2. The molecule has 4 aromatic carbocycles. The monoisotopic (exact) mass is 573 g/mol. The first kappa shape index (κ1) is 27.3. The number of anilines is 1. The Morgan fingerprint density at radius 1 is 1.05 bits per heavy atom. The van der Waals surface area contributed by atoms with E-state index in [9.17, 15) is 22.9 Å². The van der Waals surface area contributed by atoms with Crippen LogP contribution in [0.3, 0.4) is 0 Å². The highest BCUT2D eigenvalue weighted by molar-refractivity contribution is 7.85. The molecule has 196 valence electrons. The number of nitrogens with one attached hydrogen (secondary N) is 1. The molecule has 0 bridgehead atoms. The molecule has 4 aromatic rings. The maximum absolute atomic E-state index is 13.2. The molecule has 0 fully saturated rings.